The first kappa shape index (κ1) is 15.4. The number of furan rings is 1. The Morgan fingerprint density at radius 3 is 2.58 bits per heavy atom. The Morgan fingerprint density at radius 2 is 1.92 bits per heavy atom. The zero-order valence-corrected chi connectivity index (χ0v) is 15.0. The van der Waals surface area contributed by atoms with Gasteiger partial charge in [0.15, 0.2) is 5.11 Å². The molecule has 0 bridgehead atoms. The topological polar surface area (TPSA) is 41.3 Å². The Balaban J connectivity index is 1.80. The molecule has 4 nitrogen and oxygen atoms in total. The maximum Gasteiger partial charge on any atom is 0.174 e. The molecule has 0 spiro atoms. The van der Waals surface area contributed by atoms with Gasteiger partial charge in [-0.15, -0.1) is 0 Å². The third-order valence-electron chi connectivity index (χ3n) is 4.04. The first-order valence-electron chi connectivity index (χ1n) is 7.53. The molecule has 1 fully saturated rings. The van der Waals surface area contributed by atoms with Gasteiger partial charge >= 0.3 is 0 Å². The van der Waals surface area contributed by atoms with Crippen molar-refractivity contribution in [2.24, 2.45) is 0 Å². The molecule has 1 aliphatic heterocycles. The van der Waals surface area contributed by atoms with Crippen LogP contribution in [0.2, 0.25) is 0 Å². The van der Waals surface area contributed by atoms with E-state index in [0.29, 0.717) is 5.11 Å². The summed E-state index contributed by atoms with van der Waals surface area (Å²) in [5.74, 6) is 0.848. The summed E-state index contributed by atoms with van der Waals surface area (Å²) in [6.45, 7) is 0. The summed E-state index contributed by atoms with van der Waals surface area (Å²) in [5, 5.41) is 4.06. The van der Waals surface area contributed by atoms with Gasteiger partial charge in [0.05, 0.1) is 18.0 Å². The van der Waals surface area contributed by atoms with E-state index in [-0.39, 0.29) is 12.1 Å². The molecule has 24 heavy (non-hydrogen) atoms. The highest BCUT2D eigenvalue weighted by Gasteiger charge is 2.42. The number of nitrogens with one attached hydrogen (secondary N) is 1. The van der Waals surface area contributed by atoms with Crippen molar-refractivity contribution < 1.29 is 4.42 Å². The molecule has 1 aromatic carbocycles. The minimum atomic E-state index is -0.0939. The second-order valence-corrected chi connectivity index (χ2v) is 6.79. The fourth-order valence-corrected chi connectivity index (χ4v) is 3.59. The molecule has 2 unspecified atom stereocenters. The molecule has 3 aromatic rings. The minimum Gasteiger partial charge on any atom is -0.467 e. The summed E-state index contributed by atoms with van der Waals surface area (Å²) < 4.78 is 6.74. The summed E-state index contributed by atoms with van der Waals surface area (Å²) in [7, 11) is 0. The predicted octanol–water partition coefficient (Wildman–Crippen LogP) is 4.61. The smallest absolute Gasteiger partial charge is 0.174 e. The number of pyridine rings is 1. The normalized spacial score (nSPS) is 20.2. The number of hydrogen-bond donors (Lipinski definition) is 1. The molecule has 2 aromatic heterocycles. The van der Waals surface area contributed by atoms with Crippen molar-refractivity contribution in [2.45, 2.75) is 12.1 Å². The fourth-order valence-electron chi connectivity index (χ4n) is 2.98. The van der Waals surface area contributed by atoms with Gasteiger partial charge in [0.25, 0.3) is 0 Å². The van der Waals surface area contributed by atoms with Gasteiger partial charge in [-0.1, -0.05) is 22.0 Å². The standard InChI is InChI=1S/C18H14BrN3OS/c19-12-6-8-13(9-7-12)22-17(15-5-3-11-23-15)16(21-18(22)24)14-4-1-2-10-20-14/h1-11,16-17H,(H,21,24). The lowest BCUT2D eigenvalue weighted by Gasteiger charge is -2.26. The zero-order chi connectivity index (χ0) is 16.5. The Bertz CT molecular complexity index is 836. The Morgan fingerprint density at radius 1 is 1.08 bits per heavy atom. The molecule has 6 heteroatoms. The second kappa shape index (κ2) is 6.37. The highest BCUT2D eigenvalue weighted by atomic mass is 79.9. The largest absolute Gasteiger partial charge is 0.467 e. The second-order valence-electron chi connectivity index (χ2n) is 5.49. The summed E-state index contributed by atoms with van der Waals surface area (Å²) in [6, 6.07) is 17.7. The number of thiocarbonyl (C=S) groups is 1. The molecule has 4 rings (SSSR count). The lowest BCUT2D eigenvalue weighted by atomic mass is 10.0. The Kier molecular flexibility index (Phi) is 4.08. The molecule has 0 amide bonds. The van der Waals surface area contributed by atoms with Gasteiger partial charge < -0.3 is 14.6 Å². The quantitative estimate of drug-likeness (QED) is 0.650. The molecular weight excluding hydrogens is 386 g/mol. The lowest BCUT2D eigenvalue weighted by molar-refractivity contribution is 0.432. The van der Waals surface area contributed by atoms with E-state index in [9.17, 15) is 0 Å². The monoisotopic (exact) mass is 399 g/mol. The van der Waals surface area contributed by atoms with Crippen LogP contribution in [0, 0.1) is 0 Å². The van der Waals surface area contributed by atoms with Crippen LogP contribution in [0.5, 0.6) is 0 Å². The van der Waals surface area contributed by atoms with Crippen LogP contribution in [0.4, 0.5) is 5.69 Å². The Hall–Kier alpha value is -2.18. The summed E-state index contributed by atoms with van der Waals surface area (Å²) in [5.41, 5.74) is 1.94. The van der Waals surface area contributed by atoms with Gasteiger partial charge in [-0.2, -0.15) is 0 Å². The average Bonchev–Trinajstić information content (AvgIpc) is 3.24. The molecule has 1 N–H and O–H groups in total. The van der Waals surface area contributed by atoms with E-state index in [1.807, 2.05) is 54.6 Å². The molecule has 120 valence electrons. The highest BCUT2D eigenvalue weighted by Crippen LogP contribution is 2.41. The van der Waals surface area contributed by atoms with Gasteiger partial charge in [-0.25, -0.2) is 0 Å². The van der Waals surface area contributed by atoms with Crippen molar-refractivity contribution in [3.8, 4) is 0 Å². The molecule has 0 saturated carbocycles. The van der Waals surface area contributed by atoms with E-state index >= 15 is 0 Å². The minimum absolute atomic E-state index is 0.0755. The van der Waals surface area contributed by atoms with Gasteiger partial charge in [-0.3, -0.25) is 4.98 Å². The van der Waals surface area contributed by atoms with Crippen LogP contribution < -0.4 is 10.2 Å². The van der Waals surface area contributed by atoms with Crippen molar-refractivity contribution in [1.29, 1.82) is 0 Å². The number of benzene rings is 1. The van der Waals surface area contributed by atoms with Gasteiger partial charge in [0.2, 0.25) is 0 Å². The Labute approximate surface area is 153 Å². The maximum atomic E-state index is 5.71. The summed E-state index contributed by atoms with van der Waals surface area (Å²) in [6.07, 6.45) is 3.48. The number of anilines is 1. The van der Waals surface area contributed by atoms with E-state index in [2.05, 4.69) is 31.1 Å². The predicted molar refractivity (Wildman–Crippen MR) is 101 cm³/mol. The number of halogens is 1. The van der Waals surface area contributed by atoms with Crippen LogP contribution in [0.3, 0.4) is 0 Å². The van der Waals surface area contributed by atoms with Crippen molar-refractivity contribution in [2.75, 3.05) is 4.90 Å². The van der Waals surface area contributed by atoms with Gasteiger partial charge in [0.1, 0.15) is 11.8 Å². The van der Waals surface area contributed by atoms with Crippen molar-refractivity contribution in [3.63, 3.8) is 0 Å². The van der Waals surface area contributed by atoms with Crippen LogP contribution in [0.25, 0.3) is 0 Å². The average molecular weight is 400 g/mol. The molecular formula is C18H14BrN3OS. The molecule has 1 saturated heterocycles. The molecule has 1 aliphatic rings. The lowest BCUT2D eigenvalue weighted by Crippen LogP contribution is -2.29. The number of nitrogens with zero attached hydrogens (tertiary/aromatic N) is 2. The van der Waals surface area contributed by atoms with E-state index in [1.54, 1.807) is 12.5 Å². The SMILES string of the molecule is S=C1NC(c2ccccn2)C(c2ccco2)N1c1ccc(Br)cc1. The maximum absolute atomic E-state index is 5.71. The van der Waals surface area contributed by atoms with Gasteiger partial charge in [0, 0.05) is 16.4 Å². The number of rotatable bonds is 3. The van der Waals surface area contributed by atoms with Crippen molar-refractivity contribution in [3.05, 3.63) is 83.0 Å². The highest BCUT2D eigenvalue weighted by molar-refractivity contribution is 9.10. The number of hydrogen-bond acceptors (Lipinski definition) is 3. The third kappa shape index (κ3) is 2.72. The molecule has 0 aliphatic carbocycles. The molecule has 0 radical (unpaired) electrons. The molecule has 2 atom stereocenters. The zero-order valence-electron chi connectivity index (χ0n) is 12.6. The van der Waals surface area contributed by atoms with Crippen LogP contribution in [0.15, 0.2) is 75.9 Å². The van der Waals surface area contributed by atoms with E-state index in [1.165, 1.54) is 0 Å². The van der Waals surface area contributed by atoms with Gasteiger partial charge in [-0.05, 0) is 60.7 Å². The summed E-state index contributed by atoms with van der Waals surface area (Å²) in [4.78, 5) is 6.58. The summed E-state index contributed by atoms with van der Waals surface area (Å²) >= 11 is 9.09. The molecule has 3 heterocycles. The third-order valence-corrected chi connectivity index (χ3v) is 4.88. The van der Waals surface area contributed by atoms with E-state index in [0.717, 1.165) is 21.6 Å². The van der Waals surface area contributed by atoms with Crippen LogP contribution in [0.1, 0.15) is 23.5 Å². The van der Waals surface area contributed by atoms with Crippen molar-refractivity contribution in [1.82, 2.24) is 10.3 Å². The van der Waals surface area contributed by atoms with Crippen LogP contribution in [-0.2, 0) is 0 Å². The van der Waals surface area contributed by atoms with E-state index < -0.39 is 0 Å². The van der Waals surface area contributed by atoms with Crippen LogP contribution in [-0.4, -0.2) is 10.1 Å². The van der Waals surface area contributed by atoms with Crippen molar-refractivity contribution >= 4 is 38.9 Å². The first-order valence-corrected chi connectivity index (χ1v) is 8.74. The van der Waals surface area contributed by atoms with E-state index in [4.69, 9.17) is 16.6 Å². The van der Waals surface area contributed by atoms with Crippen LogP contribution >= 0.6 is 28.1 Å². The fraction of sp³-hybridized carbons (Fsp3) is 0.111. The first-order chi connectivity index (χ1) is 11.7. The number of aromatic nitrogens is 1.